The first kappa shape index (κ1) is 18.0. The van der Waals surface area contributed by atoms with E-state index in [1.54, 1.807) is 15.8 Å². The zero-order valence-electron chi connectivity index (χ0n) is 14.6. The minimum Gasteiger partial charge on any atom is -0.305 e. The Balaban J connectivity index is 0.000000561. The van der Waals surface area contributed by atoms with Crippen LogP contribution in [-0.2, 0) is 24.8 Å². The van der Waals surface area contributed by atoms with Crippen LogP contribution in [0.5, 0.6) is 0 Å². The number of carbonyl (C=O) groups excluding carboxylic acids is 1. The van der Waals surface area contributed by atoms with Crippen LogP contribution < -0.4 is 4.90 Å². The molecule has 2 heterocycles. The van der Waals surface area contributed by atoms with Crippen LogP contribution in [0.2, 0.25) is 0 Å². The Morgan fingerprint density at radius 3 is 2.41 bits per heavy atom. The molecule has 1 aliphatic heterocycles. The molecule has 0 unspecified atom stereocenters. The average molecular weight is 301 g/mol. The maximum atomic E-state index is 12.2. The summed E-state index contributed by atoms with van der Waals surface area (Å²) in [5, 5.41) is 4.12. The molecule has 2 aromatic rings. The number of fused-ring (bicyclic) bond motifs is 1. The first-order valence-corrected chi connectivity index (χ1v) is 8.01. The average Bonchev–Trinajstić information content (AvgIpc) is 2.98. The summed E-state index contributed by atoms with van der Waals surface area (Å²) < 4.78 is 1.72. The van der Waals surface area contributed by atoms with Crippen molar-refractivity contribution in [3.8, 4) is 0 Å². The number of rotatable bonds is 1. The van der Waals surface area contributed by atoms with E-state index in [4.69, 9.17) is 0 Å². The van der Waals surface area contributed by atoms with E-state index in [9.17, 15) is 4.79 Å². The van der Waals surface area contributed by atoms with Gasteiger partial charge in [0.25, 0.3) is 0 Å². The van der Waals surface area contributed by atoms with Crippen molar-refractivity contribution >= 4 is 11.6 Å². The van der Waals surface area contributed by atoms with Crippen LogP contribution >= 0.6 is 0 Å². The fourth-order valence-corrected chi connectivity index (χ4v) is 2.45. The molecular formula is C18H27N3O. The van der Waals surface area contributed by atoms with Gasteiger partial charge < -0.3 is 4.90 Å². The lowest BCUT2D eigenvalue weighted by molar-refractivity contribution is -0.118. The van der Waals surface area contributed by atoms with Crippen LogP contribution in [0.25, 0.3) is 0 Å². The Hall–Kier alpha value is -2.10. The normalized spacial score (nSPS) is 12.6. The largest absolute Gasteiger partial charge is 0.305 e. The van der Waals surface area contributed by atoms with Gasteiger partial charge in [0.2, 0.25) is 5.91 Å². The molecule has 1 aromatic heterocycles. The minimum atomic E-state index is 0.143. The van der Waals surface area contributed by atoms with Gasteiger partial charge in [0, 0.05) is 13.2 Å². The number of aryl methyl sites for hydroxylation is 2. The van der Waals surface area contributed by atoms with Gasteiger partial charge in [0.1, 0.15) is 0 Å². The van der Waals surface area contributed by atoms with Gasteiger partial charge in [-0.3, -0.25) is 9.48 Å². The van der Waals surface area contributed by atoms with Gasteiger partial charge >= 0.3 is 0 Å². The molecule has 0 saturated heterocycles. The van der Waals surface area contributed by atoms with Gasteiger partial charge in [-0.15, -0.1) is 0 Å². The van der Waals surface area contributed by atoms with E-state index < -0.39 is 0 Å². The molecule has 1 amide bonds. The fraction of sp³-hybridized carbons (Fsp3) is 0.444. The zero-order chi connectivity index (χ0) is 16.7. The molecule has 0 bridgehead atoms. The highest BCUT2D eigenvalue weighted by molar-refractivity contribution is 5.96. The molecule has 0 atom stereocenters. The monoisotopic (exact) mass is 301 g/mol. The summed E-state index contributed by atoms with van der Waals surface area (Å²) in [6.07, 6.45) is 4.09. The lowest BCUT2D eigenvalue weighted by atomic mass is 9.95. The Kier molecular flexibility index (Phi) is 6.83. The second-order valence-electron chi connectivity index (χ2n) is 4.74. The molecule has 120 valence electrons. The molecule has 0 saturated carbocycles. The smallest absolute Gasteiger partial charge is 0.231 e. The van der Waals surface area contributed by atoms with E-state index in [0.717, 1.165) is 5.69 Å². The molecule has 0 spiro atoms. The third-order valence-corrected chi connectivity index (χ3v) is 3.47. The molecule has 1 aliphatic rings. The van der Waals surface area contributed by atoms with Crippen molar-refractivity contribution in [2.24, 2.45) is 7.05 Å². The van der Waals surface area contributed by atoms with E-state index in [1.165, 1.54) is 16.7 Å². The lowest BCUT2D eigenvalue weighted by Crippen LogP contribution is -2.36. The number of hydrogen-bond acceptors (Lipinski definition) is 2. The van der Waals surface area contributed by atoms with E-state index in [-0.39, 0.29) is 5.91 Å². The van der Waals surface area contributed by atoms with Crippen LogP contribution in [-0.4, -0.2) is 15.7 Å². The Morgan fingerprint density at radius 2 is 1.82 bits per heavy atom. The van der Waals surface area contributed by atoms with E-state index in [0.29, 0.717) is 13.0 Å². The molecule has 22 heavy (non-hydrogen) atoms. The van der Waals surface area contributed by atoms with Gasteiger partial charge in [-0.05, 0) is 23.6 Å². The van der Waals surface area contributed by atoms with Crippen LogP contribution in [0.15, 0.2) is 30.6 Å². The third kappa shape index (κ3) is 3.75. The summed E-state index contributed by atoms with van der Waals surface area (Å²) in [6, 6.07) is 6.20. The Labute approximate surface area is 133 Å². The predicted molar refractivity (Wildman–Crippen MR) is 92.0 cm³/mol. The van der Waals surface area contributed by atoms with Crippen molar-refractivity contribution < 1.29 is 4.79 Å². The van der Waals surface area contributed by atoms with Crippen LogP contribution in [0, 0.1) is 6.92 Å². The van der Waals surface area contributed by atoms with Crippen molar-refractivity contribution in [1.82, 2.24) is 9.78 Å². The van der Waals surface area contributed by atoms with Crippen LogP contribution in [0.4, 0.5) is 5.69 Å². The number of anilines is 1. The highest BCUT2D eigenvalue weighted by atomic mass is 16.2. The van der Waals surface area contributed by atoms with Crippen molar-refractivity contribution in [3.05, 3.63) is 47.3 Å². The standard InChI is InChI=1S/C14H15N3O.2C2H6/c1-10-4-3-5-11-8-17(14(18)6-13(10)11)12-7-15-16(2)9-12;2*1-2/h3-5,7,9H,6,8H2,1-2H3;2*1-2H3. The molecule has 0 N–H and O–H groups in total. The van der Waals surface area contributed by atoms with Crippen molar-refractivity contribution in [2.45, 2.75) is 47.6 Å². The molecule has 3 rings (SSSR count). The van der Waals surface area contributed by atoms with Crippen LogP contribution in [0.3, 0.4) is 0 Å². The first-order chi connectivity index (χ1) is 10.6. The molecule has 0 aliphatic carbocycles. The molecule has 0 fully saturated rings. The quantitative estimate of drug-likeness (QED) is 0.802. The number of carbonyl (C=O) groups is 1. The Bertz CT molecular complexity index is 617. The molecule has 4 nitrogen and oxygen atoms in total. The van der Waals surface area contributed by atoms with Crippen molar-refractivity contribution in [1.29, 1.82) is 0 Å². The molecule has 1 aromatic carbocycles. The second kappa shape index (κ2) is 8.37. The predicted octanol–water partition coefficient (Wildman–Crippen LogP) is 3.87. The number of hydrogen-bond donors (Lipinski definition) is 0. The molecule has 0 radical (unpaired) electrons. The minimum absolute atomic E-state index is 0.143. The van der Waals surface area contributed by atoms with E-state index in [1.807, 2.05) is 47.0 Å². The zero-order valence-corrected chi connectivity index (χ0v) is 14.6. The highest BCUT2D eigenvalue weighted by Gasteiger charge is 2.25. The summed E-state index contributed by atoms with van der Waals surface area (Å²) in [4.78, 5) is 14.0. The van der Waals surface area contributed by atoms with E-state index >= 15 is 0 Å². The van der Waals surface area contributed by atoms with Gasteiger partial charge in [0.15, 0.2) is 0 Å². The van der Waals surface area contributed by atoms with Gasteiger partial charge in [-0.25, -0.2) is 0 Å². The van der Waals surface area contributed by atoms with Crippen molar-refractivity contribution in [2.75, 3.05) is 4.90 Å². The van der Waals surface area contributed by atoms with Crippen molar-refractivity contribution in [3.63, 3.8) is 0 Å². The van der Waals surface area contributed by atoms with E-state index in [2.05, 4.69) is 24.2 Å². The number of nitrogens with zero attached hydrogens (tertiary/aromatic N) is 3. The van der Waals surface area contributed by atoms with Gasteiger partial charge in [0.05, 0.1) is 24.8 Å². The number of aromatic nitrogens is 2. The summed E-state index contributed by atoms with van der Waals surface area (Å²) in [7, 11) is 1.86. The maximum absolute atomic E-state index is 12.2. The summed E-state index contributed by atoms with van der Waals surface area (Å²) in [6.45, 7) is 10.7. The Morgan fingerprint density at radius 1 is 1.14 bits per heavy atom. The topological polar surface area (TPSA) is 38.1 Å². The molecular weight excluding hydrogens is 274 g/mol. The second-order valence-corrected chi connectivity index (χ2v) is 4.74. The van der Waals surface area contributed by atoms with Gasteiger partial charge in [-0.1, -0.05) is 45.9 Å². The fourth-order valence-electron chi connectivity index (χ4n) is 2.45. The maximum Gasteiger partial charge on any atom is 0.231 e. The number of benzene rings is 1. The number of amides is 1. The molecule has 4 heteroatoms. The first-order valence-electron chi connectivity index (χ1n) is 8.01. The lowest BCUT2D eigenvalue weighted by Gasteiger charge is -2.28. The highest BCUT2D eigenvalue weighted by Crippen LogP contribution is 2.26. The summed E-state index contributed by atoms with van der Waals surface area (Å²) in [5.74, 6) is 0.143. The van der Waals surface area contributed by atoms with Gasteiger partial charge in [-0.2, -0.15) is 5.10 Å². The summed E-state index contributed by atoms with van der Waals surface area (Å²) in [5.41, 5.74) is 4.49. The third-order valence-electron chi connectivity index (χ3n) is 3.47. The summed E-state index contributed by atoms with van der Waals surface area (Å²) >= 11 is 0. The SMILES string of the molecule is CC.CC.Cc1cccc2c1CC(=O)N(c1cnn(C)c1)C2. The van der Waals surface area contributed by atoms with Crippen LogP contribution in [0.1, 0.15) is 44.4 Å².